The number of halogens is 2. The molecule has 13 nitrogen and oxygen atoms in total. The van der Waals surface area contributed by atoms with E-state index in [9.17, 15) is 9.59 Å². The Kier molecular flexibility index (Phi) is 9.78. The number of piperazine rings is 3. The van der Waals surface area contributed by atoms with Crippen molar-refractivity contribution in [3.05, 3.63) is 38.7 Å². The van der Waals surface area contributed by atoms with Gasteiger partial charge in [0.2, 0.25) is 0 Å². The quantitative estimate of drug-likeness (QED) is 0.273. The highest BCUT2D eigenvalue weighted by Crippen LogP contribution is 2.35. The molecule has 0 aliphatic carbocycles. The van der Waals surface area contributed by atoms with Crippen LogP contribution in [0.5, 0.6) is 0 Å². The summed E-state index contributed by atoms with van der Waals surface area (Å²) in [7, 11) is 1.60. The largest absolute Gasteiger partial charge is 0.462 e. The van der Waals surface area contributed by atoms with Crippen LogP contribution in [-0.2, 0) is 9.47 Å². The first-order valence-electron chi connectivity index (χ1n) is 15.1. The number of thiazole rings is 1. The molecule has 7 heterocycles. The monoisotopic (exact) mass is 677 g/mol. The molecular formula is C29H37Cl2N9O4S. The number of hydrogen-bond acceptors (Lipinski definition) is 12. The van der Waals surface area contributed by atoms with E-state index in [0.29, 0.717) is 63.5 Å². The maximum atomic E-state index is 13.0. The molecule has 3 aromatic rings. The number of carbonyl (C=O) groups excluding carboxylic acids is 2. The fourth-order valence-corrected chi connectivity index (χ4v) is 7.52. The molecule has 16 heteroatoms. The smallest absolute Gasteiger partial charge is 0.350 e. The van der Waals surface area contributed by atoms with Crippen molar-refractivity contribution in [2.45, 2.75) is 38.5 Å². The van der Waals surface area contributed by atoms with Gasteiger partial charge in [0.1, 0.15) is 27.8 Å². The number of anilines is 2. The van der Waals surface area contributed by atoms with E-state index >= 15 is 0 Å². The topological polar surface area (TPSA) is 141 Å². The minimum absolute atomic E-state index is 0.194. The second-order valence-electron chi connectivity index (χ2n) is 11.4. The molecule has 0 radical (unpaired) electrons. The summed E-state index contributed by atoms with van der Waals surface area (Å²) in [6.45, 7) is 11.1. The van der Waals surface area contributed by atoms with Crippen LogP contribution in [-0.4, -0.2) is 126 Å². The molecule has 7 rings (SSSR count). The number of aryl methyl sites for hydroxylation is 1. The van der Waals surface area contributed by atoms with Gasteiger partial charge in [-0.05, 0) is 20.3 Å². The highest BCUT2D eigenvalue weighted by Gasteiger charge is 2.35. The van der Waals surface area contributed by atoms with Gasteiger partial charge in [-0.1, -0.05) is 34.5 Å². The third kappa shape index (κ3) is 6.76. The fraction of sp³-hybridized carbons (Fsp3) is 0.552. The average molecular weight is 679 g/mol. The van der Waals surface area contributed by atoms with E-state index in [2.05, 4.69) is 35.4 Å². The molecule has 0 spiro atoms. The first kappa shape index (κ1) is 32.0. The molecule has 4 fully saturated rings. The predicted molar refractivity (Wildman–Crippen MR) is 174 cm³/mol. The van der Waals surface area contributed by atoms with Crippen LogP contribution >= 0.6 is 34.5 Å². The number of rotatable bonds is 10. The summed E-state index contributed by atoms with van der Waals surface area (Å²) >= 11 is 13.7. The number of nitrogens with one attached hydrogen (secondary N) is 3. The van der Waals surface area contributed by atoms with E-state index in [0.717, 1.165) is 39.3 Å². The number of piperidine rings is 1. The number of hydrogen-bond donors (Lipinski definition) is 3. The number of amides is 1. The fourth-order valence-electron chi connectivity index (χ4n) is 6.10. The van der Waals surface area contributed by atoms with Gasteiger partial charge < -0.3 is 30.0 Å². The standard InChI is InChI=1S/C29H37Cl2N9O4S/c1-4-44-28(42)26-24(19-12-34-21(13-32-19)33-11-17-14-38-7-9-39(17)10-8-38)37-29(45-26)40-6-5-18(20(15-40)43-3)36-27(41)25-23(31)22(30)16(2)35-25/h12-13,17-18,20,35H,4-11,14-15H2,1-3H3,(H,33,34)(H,36,41)/t17?,18-,20+/m1/s1. The van der Waals surface area contributed by atoms with Crippen molar-refractivity contribution in [3.63, 3.8) is 0 Å². The van der Waals surface area contributed by atoms with Gasteiger partial charge in [-0.15, -0.1) is 0 Å². The van der Waals surface area contributed by atoms with Crippen LogP contribution in [0.3, 0.4) is 0 Å². The zero-order valence-electron chi connectivity index (χ0n) is 25.4. The lowest BCUT2D eigenvalue weighted by Gasteiger charge is -2.47. The number of fused-ring (bicyclic) bond motifs is 3. The number of aromatic amines is 1. The Labute approximate surface area is 275 Å². The average Bonchev–Trinajstić information content (AvgIpc) is 3.62. The number of esters is 1. The predicted octanol–water partition coefficient (Wildman–Crippen LogP) is 3.16. The van der Waals surface area contributed by atoms with E-state index in [4.69, 9.17) is 37.7 Å². The lowest BCUT2D eigenvalue weighted by atomic mass is 10.0. The Bertz CT molecular complexity index is 1530. The van der Waals surface area contributed by atoms with E-state index in [-0.39, 0.29) is 35.4 Å². The van der Waals surface area contributed by atoms with Gasteiger partial charge in [0.05, 0.1) is 41.2 Å². The molecule has 0 aromatic carbocycles. The normalized spacial score (nSPS) is 24.5. The van der Waals surface area contributed by atoms with E-state index in [1.54, 1.807) is 33.4 Å². The second-order valence-corrected chi connectivity index (χ2v) is 13.1. The zero-order valence-corrected chi connectivity index (χ0v) is 27.8. The van der Waals surface area contributed by atoms with Crippen LogP contribution in [0.4, 0.5) is 10.9 Å². The number of H-pyrrole nitrogens is 1. The third-order valence-corrected chi connectivity index (χ3v) is 10.7. The lowest BCUT2D eigenvalue weighted by molar-refractivity contribution is 0.0189. The first-order valence-corrected chi connectivity index (χ1v) is 16.7. The van der Waals surface area contributed by atoms with Gasteiger partial charge >= 0.3 is 5.97 Å². The number of methoxy groups -OCH3 is 1. The van der Waals surface area contributed by atoms with Gasteiger partial charge in [-0.2, -0.15) is 0 Å². The van der Waals surface area contributed by atoms with Crippen LogP contribution in [0.2, 0.25) is 10.0 Å². The van der Waals surface area contributed by atoms with Crippen LogP contribution in [0, 0.1) is 6.92 Å². The van der Waals surface area contributed by atoms with Gasteiger partial charge in [0.15, 0.2) is 5.13 Å². The molecular weight excluding hydrogens is 641 g/mol. The van der Waals surface area contributed by atoms with E-state index in [1.165, 1.54) is 11.3 Å². The van der Waals surface area contributed by atoms with Crippen molar-refractivity contribution in [3.8, 4) is 11.4 Å². The Morgan fingerprint density at radius 2 is 1.91 bits per heavy atom. The van der Waals surface area contributed by atoms with E-state index in [1.807, 2.05) is 4.90 Å². The van der Waals surface area contributed by atoms with Crippen molar-refractivity contribution in [2.75, 3.05) is 76.3 Å². The summed E-state index contributed by atoms with van der Waals surface area (Å²) in [6.07, 6.45) is 3.55. The molecule has 242 valence electrons. The van der Waals surface area contributed by atoms with E-state index < -0.39 is 5.97 Å². The van der Waals surface area contributed by atoms with Crippen molar-refractivity contribution in [1.29, 1.82) is 0 Å². The second kappa shape index (κ2) is 13.8. The van der Waals surface area contributed by atoms with Crippen molar-refractivity contribution in [2.24, 2.45) is 0 Å². The third-order valence-electron chi connectivity index (χ3n) is 8.61. The number of aromatic nitrogens is 4. The van der Waals surface area contributed by atoms with Crippen molar-refractivity contribution in [1.82, 2.24) is 35.1 Å². The van der Waals surface area contributed by atoms with Crippen molar-refractivity contribution >= 4 is 57.4 Å². The Hall–Kier alpha value is -3.01. The molecule has 45 heavy (non-hydrogen) atoms. The van der Waals surface area contributed by atoms with Crippen LogP contribution < -0.4 is 15.5 Å². The zero-order chi connectivity index (χ0) is 31.7. The Balaban J connectivity index is 1.14. The first-order chi connectivity index (χ1) is 21.7. The lowest BCUT2D eigenvalue weighted by Crippen LogP contribution is -2.62. The molecule has 4 saturated heterocycles. The summed E-state index contributed by atoms with van der Waals surface area (Å²) in [6, 6.07) is 0.178. The maximum absolute atomic E-state index is 13.0. The van der Waals surface area contributed by atoms with Crippen LogP contribution in [0.15, 0.2) is 12.4 Å². The minimum atomic E-state index is -0.459. The highest BCUT2D eigenvalue weighted by molar-refractivity contribution is 7.17. The molecule has 2 bridgehead atoms. The van der Waals surface area contributed by atoms with Gasteiger partial charge in [0.25, 0.3) is 5.91 Å². The molecule has 3 atom stereocenters. The van der Waals surface area contributed by atoms with Gasteiger partial charge in [-0.3, -0.25) is 14.6 Å². The van der Waals surface area contributed by atoms with Gasteiger partial charge in [-0.25, -0.2) is 19.7 Å². The summed E-state index contributed by atoms with van der Waals surface area (Å²) in [5, 5.41) is 7.60. The minimum Gasteiger partial charge on any atom is -0.462 e. The summed E-state index contributed by atoms with van der Waals surface area (Å²) in [4.78, 5) is 50.4. The molecule has 1 amide bonds. The SMILES string of the molecule is CCOC(=O)c1sc(N2CC[C@@H](NC(=O)c3[nH]c(C)c(Cl)c3Cl)[C@@H](OC)C2)nc1-c1cnc(NCC2CN3CCN2CC3)cn1. The number of carbonyl (C=O) groups is 2. The Morgan fingerprint density at radius 3 is 2.53 bits per heavy atom. The van der Waals surface area contributed by atoms with Gasteiger partial charge in [0, 0.05) is 71.2 Å². The maximum Gasteiger partial charge on any atom is 0.350 e. The molecule has 3 N–H and O–H groups in total. The molecule has 4 aliphatic rings. The molecule has 4 aliphatic heterocycles. The number of nitrogens with zero attached hydrogens (tertiary/aromatic N) is 6. The van der Waals surface area contributed by atoms with Crippen molar-refractivity contribution < 1.29 is 19.1 Å². The summed E-state index contributed by atoms with van der Waals surface area (Å²) in [5.74, 6) is -0.136. The molecule has 3 aromatic heterocycles. The van der Waals surface area contributed by atoms with Crippen LogP contribution in [0.1, 0.15) is 39.2 Å². The molecule has 1 unspecified atom stereocenters. The Morgan fingerprint density at radius 1 is 1.11 bits per heavy atom. The highest BCUT2D eigenvalue weighted by atomic mass is 35.5. The summed E-state index contributed by atoms with van der Waals surface area (Å²) in [5.41, 5.74) is 1.76. The molecule has 0 saturated carbocycles. The number of ether oxygens (including phenoxy) is 2. The van der Waals surface area contributed by atoms with Crippen LogP contribution in [0.25, 0.3) is 11.4 Å². The summed E-state index contributed by atoms with van der Waals surface area (Å²) < 4.78 is 11.1.